The Morgan fingerprint density at radius 1 is 0.929 bits per heavy atom. The maximum Gasteiger partial charge on any atom is 0.236 e. The number of nitrogens with zero attached hydrogens (tertiary/aromatic N) is 2. The van der Waals surface area contributed by atoms with Crippen molar-refractivity contribution >= 4 is 10.0 Å². The van der Waals surface area contributed by atoms with Crippen molar-refractivity contribution in [3.63, 3.8) is 0 Å². The molecule has 0 saturated carbocycles. The summed E-state index contributed by atoms with van der Waals surface area (Å²) in [4.78, 5) is 2.40. The molecule has 0 amide bonds. The summed E-state index contributed by atoms with van der Waals surface area (Å²) in [5.41, 5.74) is 2.34. The summed E-state index contributed by atoms with van der Waals surface area (Å²) in [5.74, 6) is 0. The highest BCUT2D eigenvalue weighted by Crippen LogP contribution is 2.27. The second-order valence-electron chi connectivity index (χ2n) is 7.45. The molecule has 5 nitrogen and oxygen atoms in total. The topological polar surface area (TPSA) is 49.9 Å². The summed E-state index contributed by atoms with van der Waals surface area (Å²) in [6.07, 6.45) is 2.55. The van der Waals surface area contributed by atoms with Crippen LogP contribution in [0.1, 0.15) is 17.5 Å². The SMILES string of the molecule is O=S1(=O)C=CCC2CN1C(COCc1ccccc1)CN2Cc1ccccc1. The Morgan fingerprint density at radius 3 is 2.32 bits per heavy atom. The zero-order valence-corrected chi connectivity index (χ0v) is 16.7. The first-order valence-corrected chi connectivity index (χ1v) is 11.2. The monoisotopic (exact) mass is 398 g/mol. The van der Waals surface area contributed by atoms with E-state index in [1.54, 1.807) is 10.4 Å². The Hall–Kier alpha value is -1.99. The van der Waals surface area contributed by atoms with Crippen molar-refractivity contribution in [1.29, 1.82) is 0 Å². The zero-order chi connectivity index (χ0) is 19.4. The highest BCUT2D eigenvalue weighted by atomic mass is 32.2. The van der Waals surface area contributed by atoms with E-state index in [1.807, 2.05) is 48.5 Å². The van der Waals surface area contributed by atoms with E-state index in [9.17, 15) is 8.42 Å². The lowest BCUT2D eigenvalue weighted by atomic mass is 10.0. The van der Waals surface area contributed by atoms with Crippen molar-refractivity contribution in [1.82, 2.24) is 9.21 Å². The molecule has 3 atom stereocenters. The zero-order valence-electron chi connectivity index (χ0n) is 15.9. The second-order valence-corrected chi connectivity index (χ2v) is 9.22. The Morgan fingerprint density at radius 2 is 1.61 bits per heavy atom. The molecule has 0 N–H and O–H groups in total. The van der Waals surface area contributed by atoms with Gasteiger partial charge in [-0.15, -0.1) is 0 Å². The van der Waals surface area contributed by atoms with E-state index >= 15 is 0 Å². The van der Waals surface area contributed by atoms with Gasteiger partial charge in [0.25, 0.3) is 0 Å². The van der Waals surface area contributed by atoms with Gasteiger partial charge in [-0.1, -0.05) is 66.7 Å². The van der Waals surface area contributed by atoms with Crippen LogP contribution in [0.4, 0.5) is 0 Å². The third-order valence-electron chi connectivity index (χ3n) is 5.41. The van der Waals surface area contributed by atoms with Gasteiger partial charge in [0.05, 0.1) is 19.3 Å². The van der Waals surface area contributed by atoms with Crippen molar-refractivity contribution in [2.75, 3.05) is 19.7 Å². The Kier molecular flexibility index (Phi) is 5.92. The molecule has 2 aliphatic heterocycles. The average Bonchev–Trinajstić information content (AvgIpc) is 2.83. The van der Waals surface area contributed by atoms with E-state index in [0.29, 0.717) is 26.3 Å². The highest BCUT2D eigenvalue weighted by Gasteiger charge is 2.40. The average molecular weight is 399 g/mol. The van der Waals surface area contributed by atoms with Crippen LogP contribution >= 0.6 is 0 Å². The maximum atomic E-state index is 12.7. The van der Waals surface area contributed by atoms with Crippen molar-refractivity contribution < 1.29 is 13.2 Å². The lowest BCUT2D eigenvalue weighted by molar-refractivity contribution is 0.0139. The third kappa shape index (κ3) is 4.52. The molecule has 1 fully saturated rings. The second kappa shape index (κ2) is 8.57. The standard InChI is InChI=1S/C22H26N2O3S/c25-28(26)13-7-12-21-16-24(28)22(18-27-17-20-10-5-2-6-11-20)15-23(21)14-19-8-3-1-4-9-19/h1-11,13,21-22H,12,14-18H2. The van der Waals surface area contributed by atoms with E-state index in [2.05, 4.69) is 17.0 Å². The summed E-state index contributed by atoms with van der Waals surface area (Å²) in [5, 5.41) is 1.36. The minimum Gasteiger partial charge on any atom is -0.375 e. The van der Waals surface area contributed by atoms with Gasteiger partial charge in [0.2, 0.25) is 10.0 Å². The smallest absolute Gasteiger partial charge is 0.236 e. The van der Waals surface area contributed by atoms with Gasteiger partial charge in [-0.2, -0.15) is 4.31 Å². The van der Waals surface area contributed by atoms with Crippen molar-refractivity contribution in [3.05, 3.63) is 83.3 Å². The molecule has 148 valence electrons. The third-order valence-corrected chi connectivity index (χ3v) is 7.05. The quantitative estimate of drug-likeness (QED) is 0.751. The van der Waals surface area contributed by atoms with E-state index in [-0.39, 0.29) is 12.1 Å². The van der Waals surface area contributed by atoms with Gasteiger partial charge < -0.3 is 4.74 Å². The molecule has 6 heteroatoms. The van der Waals surface area contributed by atoms with Crippen molar-refractivity contribution in [2.24, 2.45) is 0 Å². The Balaban J connectivity index is 1.48. The first-order chi connectivity index (χ1) is 13.6. The van der Waals surface area contributed by atoms with Crippen LogP contribution < -0.4 is 0 Å². The molecule has 0 spiro atoms. The van der Waals surface area contributed by atoms with Gasteiger partial charge in [-0.25, -0.2) is 8.42 Å². The molecule has 0 aliphatic carbocycles. The number of hydrogen-bond donors (Lipinski definition) is 0. The number of fused-ring (bicyclic) bond motifs is 2. The number of hydrogen-bond acceptors (Lipinski definition) is 4. The molecule has 28 heavy (non-hydrogen) atoms. The van der Waals surface area contributed by atoms with Gasteiger partial charge >= 0.3 is 0 Å². The van der Waals surface area contributed by atoms with E-state index in [0.717, 1.165) is 18.5 Å². The van der Waals surface area contributed by atoms with E-state index in [4.69, 9.17) is 4.74 Å². The maximum absolute atomic E-state index is 12.7. The molecule has 2 aromatic carbocycles. The highest BCUT2D eigenvalue weighted by molar-refractivity contribution is 7.92. The van der Waals surface area contributed by atoms with Crippen LogP contribution in [0, 0.1) is 0 Å². The van der Waals surface area contributed by atoms with Crippen LogP contribution in [0.5, 0.6) is 0 Å². The summed E-state index contributed by atoms with van der Waals surface area (Å²) < 4.78 is 32.9. The van der Waals surface area contributed by atoms with E-state index in [1.165, 1.54) is 11.0 Å². The fourth-order valence-electron chi connectivity index (χ4n) is 3.97. The molecule has 0 radical (unpaired) electrons. The number of sulfonamides is 1. The lowest BCUT2D eigenvalue weighted by Crippen LogP contribution is -2.59. The lowest BCUT2D eigenvalue weighted by Gasteiger charge is -2.44. The fourth-order valence-corrected chi connectivity index (χ4v) is 5.40. The summed E-state index contributed by atoms with van der Waals surface area (Å²) in [6.45, 7) is 2.89. The molecule has 4 rings (SSSR count). The van der Waals surface area contributed by atoms with Gasteiger partial charge in [0.1, 0.15) is 0 Å². The van der Waals surface area contributed by atoms with Crippen LogP contribution in [-0.4, -0.2) is 49.4 Å². The Labute approximate surface area is 167 Å². The summed E-state index contributed by atoms with van der Waals surface area (Å²) >= 11 is 0. The van der Waals surface area contributed by atoms with Crippen LogP contribution in [0.2, 0.25) is 0 Å². The predicted octanol–water partition coefficient (Wildman–Crippen LogP) is 3.01. The van der Waals surface area contributed by atoms with Crippen LogP contribution in [0.15, 0.2) is 72.1 Å². The van der Waals surface area contributed by atoms with Gasteiger partial charge in [-0.05, 0) is 17.5 Å². The van der Waals surface area contributed by atoms with Crippen LogP contribution in [0.25, 0.3) is 0 Å². The van der Waals surface area contributed by atoms with Gasteiger partial charge in [-0.3, -0.25) is 4.90 Å². The number of rotatable bonds is 6. The van der Waals surface area contributed by atoms with Crippen LogP contribution in [-0.2, 0) is 27.9 Å². The minimum atomic E-state index is -3.39. The molecule has 2 aliphatic rings. The molecule has 3 unspecified atom stereocenters. The predicted molar refractivity (Wildman–Crippen MR) is 110 cm³/mol. The van der Waals surface area contributed by atoms with Crippen molar-refractivity contribution in [2.45, 2.75) is 31.7 Å². The molecule has 2 heterocycles. The summed E-state index contributed by atoms with van der Waals surface area (Å²) in [7, 11) is -3.39. The van der Waals surface area contributed by atoms with Gasteiger partial charge in [0, 0.05) is 31.1 Å². The minimum absolute atomic E-state index is 0.184. The van der Waals surface area contributed by atoms with Gasteiger partial charge in [0.15, 0.2) is 0 Å². The molecular weight excluding hydrogens is 372 g/mol. The molecule has 2 bridgehead atoms. The fraction of sp³-hybridized carbons (Fsp3) is 0.364. The largest absolute Gasteiger partial charge is 0.375 e. The number of ether oxygens (including phenoxy) is 1. The molecule has 2 aromatic rings. The van der Waals surface area contributed by atoms with Crippen molar-refractivity contribution in [3.8, 4) is 0 Å². The summed E-state index contributed by atoms with van der Waals surface area (Å²) in [6, 6.07) is 20.3. The molecule has 0 aromatic heterocycles. The number of benzene rings is 2. The van der Waals surface area contributed by atoms with Crippen LogP contribution in [0.3, 0.4) is 0 Å². The first kappa shape index (κ1) is 19.3. The Bertz CT molecular complexity index is 900. The normalized spacial score (nSPS) is 26.6. The van der Waals surface area contributed by atoms with E-state index < -0.39 is 10.0 Å². The first-order valence-electron chi connectivity index (χ1n) is 9.70. The molecule has 1 saturated heterocycles. The number of piperazine rings is 1. The molecular formula is C22H26N2O3S.